The van der Waals surface area contributed by atoms with Gasteiger partial charge < -0.3 is 9.64 Å². The molecule has 0 aromatic carbocycles. The van der Waals surface area contributed by atoms with Gasteiger partial charge in [0.2, 0.25) is 0 Å². The normalized spacial score (nSPS) is 29.3. The first kappa shape index (κ1) is 15.2. The van der Waals surface area contributed by atoms with Crippen molar-refractivity contribution in [2.75, 3.05) is 46.4 Å². The number of rotatable bonds is 5. The lowest BCUT2D eigenvalue weighted by Gasteiger charge is -2.37. The van der Waals surface area contributed by atoms with Crippen molar-refractivity contribution in [3.63, 3.8) is 0 Å². The SMILES string of the molecule is COc1ccsc1S(=O)(=O)NCC1CN2CCCN1CC2. The summed E-state index contributed by atoms with van der Waals surface area (Å²) in [5.74, 6) is 0.416. The van der Waals surface area contributed by atoms with Crippen molar-refractivity contribution in [2.24, 2.45) is 0 Å². The van der Waals surface area contributed by atoms with Gasteiger partial charge in [-0.1, -0.05) is 0 Å². The Morgan fingerprint density at radius 1 is 1.38 bits per heavy atom. The largest absolute Gasteiger partial charge is 0.494 e. The average molecular weight is 331 g/mol. The number of hydrogen-bond donors (Lipinski definition) is 1. The Morgan fingerprint density at radius 2 is 2.24 bits per heavy atom. The van der Waals surface area contributed by atoms with Gasteiger partial charge in [0.05, 0.1) is 7.11 Å². The summed E-state index contributed by atoms with van der Waals surface area (Å²) in [6, 6.07) is 1.95. The number of fused-ring (bicyclic) bond motifs is 4. The van der Waals surface area contributed by atoms with Crippen LogP contribution in [0.5, 0.6) is 5.75 Å². The lowest BCUT2D eigenvalue weighted by atomic mass is 10.2. The summed E-state index contributed by atoms with van der Waals surface area (Å²) in [5.41, 5.74) is 0. The second-order valence-corrected chi connectivity index (χ2v) is 8.35. The van der Waals surface area contributed by atoms with Crippen molar-refractivity contribution in [3.05, 3.63) is 11.4 Å². The third-order valence-electron chi connectivity index (χ3n) is 4.18. The van der Waals surface area contributed by atoms with Gasteiger partial charge in [-0.2, -0.15) is 0 Å². The molecular formula is C13H21N3O3S2. The minimum Gasteiger partial charge on any atom is -0.494 e. The maximum atomic E-state index is 12.4. The van der Waals surface area contributed by atoms with Crippen molar-refractivity contribution in [1.29, 1.82) is 0 Å². The Kier molecular flexibility index (Phi) is 4.51. The van der Waals surface area contributed by atoms with Crippen LogP contribution in [0, 0.1) is 0 Å². The molecule has 0 spiro atoms. The summed E-state index contributed by atoms with van der Waals surface area (Å²) >= 11 is 1.19. The van der Waals surface area contributed by atoms with E-state index in [0.717, 1.165) is 32.7 Å². The minimum absolute atomic E-state index is 0.263. The highest BCUT2D eigenvalue weighted by molar-refractivity contribution is 7.91. The van der Waals surface area contributed by atoms with Crippen LogP contribution in [-0.2, 0) is 10.0 Å². The highest BCUT2D eigenvalue weighted by Gasteiger charge is 2.31. The Balaban J connectivity index is 1.67. The van der Waals surface area contributed by atoms with Gasteiger partial charge >= 0.3 is 0 Å². The third-order valence-corrected chi connectivity index (χ3v) is 7.05. The number of sulfonamides is 1. The van der Waals surface area contributed by atoms with E-state index in [0.29, 0.717) is 12.3 Å². The molecule has 4 rings (SSSR count). The first-order valence-electron chi connectivity index (χ1n) is 7.18. The number of nitrogens with one attached hydrogen (secondary N) is 1. The van der Waals surface area contributed by atoms with E-state index in [-0.39, 0.29) is 10.3 Å². The van der Waals surface area contributed by atoms with E-state index in [1.807, 2.05) is 0 Å². The Labute approximate surface area is 129 Å². The van der Waals surface area contributed by atoms with Crippen molar-refractivity contribution in [2.45, 2.75) is 16.7 Å². The molecule has 6 nitrogen and oxygen atoms in total. The Bertz CT molecular complexity index is 583. The van der Waals surface area contributed by atoms with Gasteiger partial charge in [-0.25, -0.2) is 13.1 Å². The molecule has 3 aliphatic heterocycles. The molecule has 3 saturated heterocycles. The van der Waals surface area contributed by atoms with E-state index < -0.39 is 10.0 Å². The maximum absolute atomic E-state index is 12.4. The quantitative estimate of drug-likeness (QED) is 0.848. The highest BCUT2D eigenvalue weighted by atomic mass is 32.2. The van der Waals surface area contributed by atoms with Gasteiger partial charge in [0, 0.05) is 32.2 Å². The predicted octanol–water partition coefficient (Wildman–Crippen LogP) is 0.425. The van der Waals surface area contributed by atoms with Gasteiger partial charge in [-0.15, -0.1) is 11.3 Å². The van der Waals surface area contributed by atoms with Gasteiger partial charge in [-0.3, -0.25) is 4.90 Å². The van der Waals surface area contributed by atoms with Crippen molar-refractivity contribution < 1.29 is 13.2 Å². The van der Waals surface area contributed by atoms with Gasteiger partial charge in [0.25, 0.3) is 10.0 Å². The van der Waals surface area contributed by atoms with Crippen molar-refractivity contribution >= 4 is 21.4 Å². The zero-order valence-electron chi connectivity index (χ0n) is 12.1. The van der Waals surface area contributed by atoms with Crippen molar-refractivity contribution in [3.8, 4) is 5.75 Å². The van der Waals surface area contributed by atoms with Crippen LogP contribution >= 0.6 is 11.3 Å². The molecule has 0 aliphatic carbocycles. The van der Waals surface area contributed by atoms with Crippen LogP contribution in [0.3, 0.4) is 0 Å². The van der Waals surface area contributed by atoms with E-state index in [9.17, 15) is 8.42 Å². The lowest BCUT2D eigenvalue weighted by Crippen LogP contribution is -2.54. The van der Waals surface area contributed by atoms with Crippen LogP contribution in [0.15, 0.2) is 15.7 Å². The summed E-state index contributed by atoms with van der Waals surface area (Å²) in [4.78, 5) is 4.83. The van der Waals surface area contributed by atoms with Crippen LogP contribution in [-0.4, -0.2) is 70.6 Å². The zero-order chi connectivity index (χ0) is 14.9. The number of ether oxygens (including phenoxy) is 1. The van der Waals surface area contributed by atoms with E-state index in [1.165, 1.54) is 24.9 Å². The Morgan fingerprint density at radius 3 is 3.05 bits per heavy atom. The minimum atomic E-state index is -3.49. The first-order valence-corrected chi connectivity index (χ1v) is 9.54. The second kappa shape index (κ2) is 6.21. The second-order valence-electron chi connectivity index (χ2n) is 5.47. The molecule has 3 unspecified atom stereocenters. The maximum Gasteiger partial charge on any atom is 0.253 e. The number of nitrogens with zero attached hydrogens (tertiary/aromatic N) is 2. The van der Waals surface area contributed by atoms with Gasteiger partial charge in [-0.05, 0) is 31.0 Å². The summed E-state index contributed by atoms with van der Waals surface area (Å²) < 4.78 is 32.9. The average Bonchev–Trinajstić information content (AvgIpc) is 2.75. The molecule has 3 fully saturated rings. The number of methoxy groups -OCH3 is 1. The molecule has 8 heteroatoms. The van der Waals surface area contributed by atoms with Crippen LogP contribution in [0.2, 0.25) is 0 Å². The topological polar surface area (TPSA) is 61.9 Å². The van der Waals surface area contributed by atoms with E-state index >= 15 is 0 Å². The number of hydrogen-bond acceptors (Lipinski definition) is 6. The van der Waals surface area contributed by atoms with Crippen LogP contribution in [0.1, 0.15) is 6.42 Å². The molecular weight excluding hydrogens is 310 g/mol. The zero-order valence-corrected chi connectivity index (χ0v) is 13.8. The van der Waals surface area contributed by atoms with E-state index in [4.69, 9.17) is 4.74 Å². The fraction of sp³-hybridized carbons (Fsp3) is 0.692. The first-order chi connectivity index (χ1) is 10.1. The van der Waals surface area contributed by atoms with Crippen molar-refractivity contribution in [1.82, 2.24) is 14.5 Å². The van der Waals surface area contributed by atoms with Gasteiger partial charge in [0.1, 0.15) is 5.75 Å². The number of thiophene rings is 1. The summed E-state index contributed by atoms with van der Waals surface area (Å²) in [5, 5.41) is 1.73. The lowest BCUT2D eigenvalue weighted by molar-refractivity contribution is 0.116. The molecule has 0 amide bonds. The summed E-state index contributed by atoms with van der Waals surface area (Å²) in [6.45, 7) is 5.73. The predicted molar refractivity (Wildman–Crippen MR) is 82.5 cm³/mol. The number of piperazine rings is 1. The summed E-state index contributed by atoms with van der Waals surface area (Å²) in [7, 11) is -2.00. The molecule has 4 heterocycles. The van der Waals surface area contributed by atoms with Crippen LogP contribution < -0.4 is 9.46 Å². The fourth-order valence-corrected chi connectivity index (χ4v) is 5.44. The smallest absolute Gasteiger partial charge is 0.253 e. The van der Waals surface area contributed by atoms with Crippen LogP contribution in [0.4, 0.5) is 0 Å². The molecule has 1 aromatic heterocycles. The van der Waals surface area contributed by atoms with E-state index in [1.54, 1.807) is 11.4 Å². The molecule has 3 aliphatic rings. The third kappa shape index (κ3) is 3.24. The molecule has 118 valence electrons. The van der Waals surface area contributed by atoms with Crippen LogP contribution in [0.25, 0.3) is 0 Å². The monoisotopic (exact) mass is 331 g/mol. The summed E-state index contributed by atoms with van der Waals surface area (Å²) in [6.07, 6.45) is 1.17. The van der Waals surface area contributed by atoms with E-state index in [2.05, 4.69) is 14.5 Å². The molecule has 0 saturated carbocycles. The standard InChI is InChI=1S/C13H21N3O3S2/c1-19-12-3-8-20-13(12)21(17,18)14-9-11-10-15-4-2-5-16(11)7-6-15/h3,8,11,14H,2,4-7,9-10H2,1H3. The molecule has 3 atom stereocenters. The molecule has 0 radical (unpaired) electrons. The highest BCUT2D eigenvalue weighted by Crippen LogP contribution is 2.29. The molecule has 2 bridgehead atoms. The molecule has 1 aromatic rings. The molecule has 21 heavy (non-hydrogen) atoms. The fourth-order valence-electron chi connectivity index (χ4n) is 3.05. The van der Waals surface area contributed by atoms with Gasteiger partial charge in [0.15, 0.2) is 4.21 Å². The molecule has 1 N–H and O–H groups in total. The Hall–Kier alpha value is -0.670.